The van der Waals surface area contributed by atoms with E-state index in [0.717, 1.165) is 91.7 Å². The Morgan fingerprint density at radius 3 is 1.71 bits per heavy atom. The van der Waals surface area contributed by atoms with Crippen molar-refractivity contribution in [2.75, 3.05) is 10.6 Å². The zero-order valence-electron chi connectivity index (χ0n) is 34.3. The number of ether oxygens (including phenoxy) is 1. The Bertz CT molecular complexity index is 2370. The van der Waals surface area contributed by atoms with Crippen LogP contribution in [-0.2, 0) is 24.2 Å². The van der Waals surface area contributed by atoms with Crippen molar-refractivity contribution in [2.24, 2.45) is 5.73 Å². The fourth-order valence-electron chi connectivity index (χ4n) is 8.68. The van der Waals surface area contributed by atoms with Gasteiger partial charge in [0.15, 0.2) is 0 Å². The monoisotopic (exact) mass is 1060 g/mol. The van der Waals surface area contributed by atoms with Crippen LogP contribution in [0.1, 0.15) is 90.3 Å². The van der Waals surface area contributed by atoms with Crippen molar-refractivity contribution in [3.63, 3.8) is 0 Å². The van der Waals surface area contributed by atoms with E-state index in [1.54, 1.807) is 12.4 Å². The van der Waals surface area contributed by atoms with Crippen LogP contribution in [0.5, 0.6) is 0 Å². The van der Waals surface area contributed by atoms with Gasteiger partial charge in [-0.2, -0.15) is 0 Å². The van der Waals surface area contributed by atoms with E-state index in [4.69, 9.17) is 33.7 Å². The van der Waals surface area contributed by atoms with Crippen LogP contribution in [0.25, 0.3) is 11.1 Å². The molecule has 0 bridgehead atoms. The number of carbonyl (C=O) groups is 1. The number of nitrogens with zero attached hydrogens (tertiary/aromatic N) is 2. The summed E-state index contributed by atoms with van der Waals surface area (Å²) >= 11 is 22.3. The molecule has 0 spiro atoms. The number of alkyl carbamates (subject to hydrolysis) is 1. The molecule has 2 aromatic heterocycles. The van der Waals surface area contributed by atoms with Crippen LogP contribution < -0.4 is 21.7 Å². The van der Waals surface area contributed by atoms with Crippen molar-refractivity contribution in [3.8, 4) is 0 Å². The van der Waals surface area contributed by atoms with Gasteiger partial charge in [-0.05, 0) is 115 Å². The lowest BCUT2D eigenvalue weighted by Gasteiger charge is -2.30. The van der Waals surface area contributed by atoms with Crippen LogP contribution in [0.3, 0.4) is 0 Å². The van der Waals surface area contributed by atoms with Gasteiger partial charge in [0.2, 0.25) is 0 Å². The minimum absolute atomic E-state index is 0.0747. The molecule has 14 heteroatoms. The second kappa shape index (κ2) is 22.8. The fourth-order valence-corrected chi connectivity index (χ4v) is 9.09. The Kier molecular flexibility index (Phi) is 17.1. The molecule has 62 heavy (non-hydrogen) atoms. The summed E-state index contributed by atoms with van der Waals surface area (Å²) in [5.74, 6) is 1.70. The number of hydrogen-bond donors (Lipinski definition) is 4. The first-order chi connectivity index (χ1) is 30.1. The molecule has 0 saturated heterocycles. The van der Waals surface area contributed by atoms with E-state index in [1.807, 2.05) is 36.4 Å². The van der Waals surface area contributed by atoms with Crippen molar-refractivity contribution in [2.45, 2.75) is 95.0 Å². The third-order valence-corrected chi connectivity index (χ3v) is 12.2. The summed E-state index contributed by atoms with van der Waals surface area (Å²) in [6.45, 7) is 0.275. The number of pyridine rings is 2. The zero-order valence-corrected chi connectivity index (χ0v) is 40.6. The number of halogens is 5. The molecule has 5 aromatic rings. The van der Waals surface area contributed by atoms with Gasteiger partial charge in [-0.25, -0.2) is 14.8 Å². The molecule has 4 aliphatic carbocycles. The van der Waals surface area contributed by atoms with Gasteiger partial charge in [0.1, 0.15) is 18.2 Å². The Labute approximate surface area is 400 Å². The van der Waals surface area contributed by atoms with Gasteiger partial charge >= 0.3 is 9.28 Å². The fraction of sp³-hybridized carbons (Fsp3) is 0.312. The van der Waals surface area contributed by atoms with E-state index < -0.39 is 0 Å². The maximum atomic E-state index is 12.3. The highest BCUT2D eigenvalue weighted by Crippen LogP contribution is 2.38. The first-order valence-electron chi connectivity index (χ1n) is 21.2. The molecule has 0 unspecified atom stereocenters. The third-order valence-electron chi connectivity index (χ3n) is 11.6. The number of carbonyl (C=O) groups excluding carboxylic acids is 1. The lowest BCUT2D eigenvalue weighted by atomic mass is 9.91. The van der Waals surface area contributed by atoms with Crippen LogP contribution in [0.2, 0.25) is 10.0 Å². The molecule has 322 valence electrons. The van der Waals surface area contributed by atoms with Crippen molar-refractivity contribution in [1.29, 1.82) is 0 Å². The lowest BCUT2D eigenvalue weighted by Crippen LogP contribution is -2.42. The smallest absolute Gasteiger partial charge is 0.407 e. The molecule has 4 atom stereocenters. The van der Waals surface area contributed by atoms with Gasteiger partial charge in [0.05, 0.1) is 10.0 Å². The highest BCUT2D eigenvalue weighted by molar-refractivity contribution is 9.69. The number of allylic oxidation sites excluding steroid dienone is 2. The maximum absolute atomic E-state index is 12.3. The number of aromatic nitrogens is 2. The second-order valence-corrected chi connectivity index (χ2v) is 23.2. The van der Waals surface area contributed by atoms with E-state index in [1.165, 1.54) is 34.2 Å². The molecule has 5 N–H and O–H groups in total. The first-order valence-corrected chi connectivity index (χ1v) is 24.7. The summed E-state index contributed by atoms with van der Waals surface area (Å²) in [6, 6.07) is 31.8. The Morgan fingerprint density at radius 2 is 1.16 bits per heavy atom. The molecular formula is C48H50BBr3Cl2N6O2. The minimum atomic E-state index is -0.367. The van der Waals surface area contributed by atoms with Crippen LogP contribution in [-0.4, -0.2) is 43.4 Å². The Hall–Kier alpha value is -3.65. The van der Waals surface area contributed by atoms with Crippen molar-refractivity contribution < 1.29 is 9.53 Å². The van der Waals surface area contributed by atoms with Crippen LogP contribution in [0.15, 0.2) is 116 Å². The van der Waals surface area contributed by atoms with Gasteiger partial charge in [-0.1, -0.05) is 114 Å². The van der Waals surface area contributed by atoms with Crippen LogP contribution in [0.4, 0.5) is 16.4 Å². The summed E-state index contributed by atoms with van der Waals surface area (Å²) in [5.41, 5.74) is 16.7. The molecule has 8 nitrogen and oxygen atoms in total. The number of nitrogens with one attached hydrogen (secondary N) is 3. The normalized spacial score (nSPS) is 19.8. The molecule has 0 aliphatic heterocycles. The SMILES string of the molecule is BrB(Br)Br.N[C@H]1CCC[C@@H](Nc2cc(C3=CCc4ccccc43)c(Cl)cn2)C1.O=C(N[C@H]1CCC[C@@H](Nc2cc(C3=CCc4ccccc43)c(Cl)cn2)C1)OCc1ccccc1. The Balaban J connectivity index is 0.000000180. The van der Waals surface area contributed by atoms with Crippen LogP contribution in [0, 0.1) is 0 Å². The number of hydrogen-bond acceptors (Lipinski definition) is 7. The lowest BCUT2D eigenvalue weighted by molar-refractivity contribution is 0.132. The molecule has 2 fully saturated rings. The average molecular weight is 1060 g/mol. The predicted octanol–water partition coefficient (Wildman–Crippen LogP) is 12.9. The van der Waals surface area contributed by atoms with Crippen LogP contribution >= 0.6 is 70.5 Å². The topological polar surface area (TPSA) is 114 Å². The number of fused-ring (bicyclic) bond motifs is 2. The number of benzene rings is 3. The van der Waals surface area contributed by atoms with Crippen molar-refractivity contribution in [1.82, 2.24) is 15.3 Å². The second-order valence-electron chi connectivity index (χ2n) is 16.0. The highest BCUT2D eigenvalue weighted by Gasteiger charge is 2.26. The predicted molar refractivity (Wildman–Crippen MR) is 269 cm³/mol. The molecule has 4 aliphatic rings. The minimum Gasteiger partial charge on any atom is -0.445 e. The first kappa shape index (κ1) is 46.4. The van der Waals surface area contributed by atoms with Crippen molar-refractivity contribution in [3.05, 3.63) is 165 Å². The van der Waals surface area contributed by atoms with Gasteiger partial charge in [0.25, 0.3) is 0 Å². The molecule has 0 radical (unpaired) electrons. The van der Waals surface area contributed by atoms with Gasteiger partial charge < -0.3 is 26.4 Å². The summed E-state index contributed by atoms with van der Waals surface area (Å²) in [4.78, 5) is 21.3. The molecule has 1 amide bonds. The summed E-state index contributed by atoms with van der Waals surface area (Å²) in [6.07, 6.45) is 17.8. The Morgan fingerprint density at radius 1 is 0.677 bits per heavy atom. The largest absolute Gasteiger partial charge is 0.445 e. The standard InChI is InChI=1S/C28H28ClN3O2.C20H22ClN3.BBr3/c29-26-17-30-27(16-25(26)24-14-13-20-9-4-5-12-23(20)24)31-21-10-6-11-22(15-21)32-28(33)34-18-19-7-2-1-3-8-19;21-19-12-23-20(24-15-6-3-5-14(22)10-15)11-18(19)17-9-8-13-4-1-2-7-16(13)17;2-1(3)4/h1-5,7-9,12,14,16-17,21-22H,6,10-11,13,15,18H2,(H,30,31)(H,32,33);1-2,4,7,9,11-12,14-15H,3,5-6,8,10,22H2,(H,23,24);/t21-,22+;14-,15+;/m10./s1. The van der Waals surface area contributed by atoms with Gasteiger partial charge in [-0.15, -0.1) is 47.3 Å². The quantitative estimate of drug-likeness (QED) is 0.109. The summed E-state index contributed by atoms with van der Waals surface area (Å²) in [7, 11) is 0. The van der Waals surface area contributed by atoms with Gasteiger partial charge in [0, 0.05) is 47.7 Å². The van der Waals surface area contributed by atoms with E-state index in [0.29, 0.717) is 22.1 Å². The van der Waals surface area contributed by atoms with Gasteiger partial charge in [-0.3, -0.25) is 0 Å². The van der Waals surface area contributed by atoms with E-state index in [9.17, 15) is 4.79 Å². The number of rotatable bonds is 9. The molecule has 2 saturated carbocycles. The average Bonchev–Trinajstić information content (AvgIpc) is 3.90. The zero-order chi connectivity index (χ0) is 43.4. The van der Waals surface area contributed by atoms with E-state index in [2.05, 4.69) is 140 Å². The number of amides is 1. The third kappa shape index (κ3) is 13.0. The summed E-state index contributed by atoms with van der Waals surface area (Å²) in [5, 5.41) is 11.5. The van der Waals surface area contributed by atoms with E-state index in [-0.39, 0.29) is 28.0 Å². The maximum Gasteiger partial charge on any atom is 0.407 e. The number of anilines is 2. The van der Waals surface area contributed by atoms with Crippen molar-refractivity contribution >= 4 is 103 Å². The molecule has 3 aromatic carbocycles. The summed E-state index contributed by atoms with van der Waals surface area (Å²) < 4.78 is 5.67. The molecule has 9 rings (SSSR count). The van der Waals surface area contributed by atoms with E-state index >= 15 is 0 Å². The number of nitrogens with two attached hydrogens (primary N) is 1. The highest BCUT2D eigenvalue weighted by atomic mass is 79.9. The molecule has 2 heterocycles. The molecular weight excluding hydrogens is 1010 g/mol.